The van der Waals surface area contributed by atoms with Crippen molar-refractivity contribution in [2.45, 2.75) is 6.54 Å². The molecule has 0 saturated carbocycles. The Balaban J connectivity index is 1.35. The maximum atomic E-state index is 12.3. The van der Waals surface area contributed by atoms with Gasteiger partial charge in [-0.2, -0.15) is 0 Å². The lowest BCUT2D eigenvalue weighted by Gasteiger charge is -2.36. The molecule has 0 bridgehead atoms. The van der Waals surface area contributed by atoms with E-state index in [9.17, 15) is 9.59 Å². The van der Waals surface area contributed by atoms with E-state index < -0.39 is 11.7 Å². The summed E-state index contributed by atoms with van der Waals surface area (Å²) in [7, 11) is 0. The van der Waals surface area contributed by atoms with Gasteiger partial charge in [-0.15, -0.1) is 0 Å². The SMILES string of the molecule is O=C1C(=O)N(CN2CCN(Cc3ccc(Cl)cc3)CC2)c2ccccc21. The lowest BCUT2D eigenvalue weighted by Crippen LogP contribution is -2.50. The summed E-state index contributed by atoms with van der Waals surface area (Å²) in [4.78, 5) is 30.6. The third-order valence-electron chi connectivity index (χ3n) is 5.00. The van der Waals surface area contributed by atoms with E-state index in [-0.39, 0.29) is 0 Å². The topological polar surface area (TPSA) is 43.9 Å². The quantitative estimate of drug-likeness (QED) is 0.777. The van der Waals surface area contributed by atoms with Crippen LogP contribution >= 0.6 is 11.6 Å². The molecule has 1 amide bonds. The van der Waals surface area contributed by atoms with Crippen LogP contribution in [-0.4, -0.2) is 54.3 Å². The number of para-hydroxylation sites is 1. The molecule has 0 N–H and O–H groups in total. The van der Waals surface area contributed by atoms with Crippen LogP contribution in [0, 0.1) is 0 Å². The van der Waals surface area contributed by atoms with Gasteiger partial charge in [0, 0.05) is 37.7 Å². The summed E-state index contributed by atoms with van der Waals surface area (Å²) in [6.45, 7) is 4.97. The highest BCUT2D eigenvalue weighted by atomic mass is 35.5. The molecule has 5 nitrogen and oxygen atoms in total. The van der Waals surface area contributed by atoms with E-state index in [1.807, 2.05) is 24.3 Å². The number of piperazine rings is 1. The molecule has 0 aliphatic carbocycles. The molecular formula is C20H20ClN3O2. The van der Waals surface area contributed by atoms with Crippen molar-refractivity contribution in [1.29, 1.82) is 0 Å². The second-order valence-corrected chi connectivity index (χ2v) is 7.18. The van der Waals surface area contributed by atoms with Gasteiger partial charge < -0.3 is 0 Å². The van der Waals surface area contributed by atoms with E-state index in [2.05, 4.69) is 21.9 Å². The van der Waals surface area contributed by atoms with E-state index >= 15 is 0 Å². The van der Waals surface area contributed by atoms with Crippen molar-refractivity contribution in [2.24, 2.45) is 0 Å². The maximum absolute atomic E-state index is 12.3. The van der Waals surface area contributed by atoms with Gasteiger partial charge in [0.15, 0.2) is 0 Å². The Morgan fingerprint density at radius 3 is 2.23 bits per heavy atom. The van der Waals surface area contributed by atoms with Crippen LogP contribution in [0.1, 0.15) is 15.9 Å². The monoisotopic (exact) mass is 369 g/mol. The largest absolute Gasteiger partial charge is 0.300 e. The van der Waals surface area contributed by atoms with Crippen molar-refractivity contribution in [3.63, 3.8) is 0 Å². The number of halogens is 1. The lowest BCUT2D eigenvalue weighted by molar-refractivity contribution is -0.114. The average Bonchev–Trinajstić information content (AvgIpc) is 2.90. The molecule has 2 aliphatic heterocycles. The van der Waals surface area contributed by atoms with Crippen LogP contribution in [0.5, 0.6) is 0 Å². The summed E-state index contributed by atoms with van der Waals surface area (Å²) in [6.07, 6.45) is 0. The number of hydrogen-bond acceptors (Lipinski definition) is 4. The summed E-state index contributed by atoms with van der Waals surface area (Å²) in [6, 6.07) is 15.2. The maximum Gasteiger partial charge on any atom is 0.300 e. The summed E-state index contributed by atoms with van der Waals surface area (Å²) in [5.74, 6) is -0.822. The van der Waals surface area contributed by atoms with Gasteiger partial charge in [0.1, 0.15) is 0 Å². The molecule has 1 fully saturated rings. The molecule has 2 aliphatic rings. The van der Waals surface area contributed by atoms with Crippen LogP contribution in [0.3, 0.4) is 0 Å². The van der Waals surface area contributed by atoms with Crippen LogP contribution in [-0.2, 0) is 11.3 Å². The number of fused-ring (bicyclic) bond motifs is 1. The van der Waals surface area contributed by atoms with Crippen LogP contribution < -0.4 is 4.90 Å². The van der Waals surface area contributed by atoms with Gasteiger partial charge in [-0.3, -0.25) is 24.3 Å². The van der Waals surface area contributed by atoms with Gasteiger partial charge in [0.2, 0.25) is 0 Å². The lowest BCUT2D eigenvalue weighted by atomic mass is 10.1. The van der Waals surface area contributed by atoms with Crippen molar-refractivity contribution in [1.82, 2.24) is 9.80 Å². The molecule has 4 rings (SSSR count). The zero-order chi connectivity index (χ0) is 18.1. The molecule has 6 heteroatoms. The van der Waals surface area contributed by atoms with Crippen molar-refractivity contribution < 1.29 is 9.59 Å². The molecule has 0 unspecified atom stereocenters. The van der Waals surface area contributed by atoms with Crippen molar-refractivity contribution in [3.05, 3.63) is 64.7 Å². The van der Waals surface area contributed by atoms with Gasteiger partial charge >= 0.3 is 5.91 Å². The normalized spacial score (nSPS) is 18.4. The highest BCUT2D eigenvalue weighted by molar-refractivity contribution is 6.52. The molecule has 0 spiro atoms. The molecule has 1 saturated heterocycles. The third kappa shape index (κ3) is 3.38. The number of carbonyl (C=O) groups is 2. The molecule has 2 heterocycles. The summed E-state index contributed by atoms with van der Waals surface area (Å²) in [5.41, 5.74) is 2.49. The Labute approximate surface area is 157 Å². The summed E-state index contributed by atoms with van der Waals surface area (Å²) in [5, 5.41) is 0.753. The highest BCUT2D eigenvalue weighted by Gasteiger charge is 2.36. The average molecular weight is 370 g/mol. The van der Waals surface area contributed by atoms with E-state index in [0.717, 1.165) is 43.4 Å². The number of benzene rings is 2. The van der Waals surface area contributed by atoms with Crippen LogP contribution in [0.4, 0.5) is 5.69 Å². The number of amides is 1. The molecule has 26 heavy (non-hydrogen) atoms. The van der Waals surface area contributed by atoms with Gasteiger partial charge in [-0.1, -0.05) is 35.9 Å². The van der Waals surface area contributed by atoms with E-state index in [0.29, 0.717) is 12.2 Å². The molecular weight excluding hydrogens is 350 g/mol. The van der Waals surface area contributed by atoms with Crippen molar-refractivity contribution in [3.8, 4) is 0 Å². The molecule has 2 aromatic rings. The first kappa shape index (κ1) is 17.2. The molecule has 0 aromatic heterocycles. The van der Waals surface area contributed by atoms with Gasteiger partial charge in [0.25, 0.3) is 5.78 Å². The fourth-order valence-corrected chi connectivity index (χ4v) is 3.65. The minimum atomic E-state index is -0.421. The summed E-state index contributed by atoms with van der Waals surface area (Å²) >= 11 is 5.94. The van der Waals surface area contributed by atoms with Gasteiger partial charge in [-0.05, 0) is 29.8 Å². The highest BCUT2D eigenvalue weighted by Crippen LogP contribution is 2.28. The predicted molar refractivity (Wildman–Crippen MR) is 101 cm³/mol. The predicted octanol–water partition coefficient (Wildman–Crippen LogP) is 2.64. The van der Waals surface area contributed by atoms with E-state index in [1.165, 1.54) is 5.56 Å². The van der Waals surface area contributed by atoms with E-state index in [1.54, 1.807) is 17.0 Å². The molecule has 134 valence electrons. The Hall–Kier alpha value is -2.21. The Bertz CT molecular complexity index is 829. The first-order valence-electron chi connectivity index (χ1n) is 8.76. The second-order valence-electron chi connectivity index (χ2n) is 6.74. The Morgan fingerprint density at radius 2 is 1.50 bits per heavy atom. The number of nitrogens with zero attached hydrogens (tertiary/aromatic N) is 3. The Kier molecular flexibility index (Phi) is 4.76. The van der Waals surface area contributed by atoms with Crippen LogP contribution in [0.2, 0.25) is 5.02 Å². The minimum absolute atomic E-state index is 0.401. The van der Waals surface area contributed by atoms with Gasteiger partial charge in [-0.25, -0.2) is 0 Å². The van der Waals surface area contributed by atoms with Crippen molar-refractivity contribution in [2.75, 3.05) is 37.7 Å². The standard InChI is InChI=1S/C20H20ClN3O2/c21-16-7-5-15(6-8-16)13-22-9-11-23(12-10-22)14-24-18-4-2-1-3-17(18)19(25)20(24)26/h1-8H,9-14H2. The fourth-order valence-electron chi connectivity index (χ4n) is 3.53. The number of carbonyl (C=O) groups excluding carboxylic acids is 2. The van der Waals surface area contributed by atoms with Gasteiger partial charge in [0.05, 0.1) is 17.9 Å². The Morgan fingerprint density at radius 1 is 0.846 bits per heavy atom. The number of Topliss-reactive ketones (excluding diaryl/α,β-unsaturated/α-hetero) is 1. The number of hydrogen-bond donors (Lipinski definition) is 0. The first-order chi connectivity index (χ1) is 12.6. The fraction of sp³-hybridized carbons (Fsp3) is 0.300. The zero-order valence-electron chi connectivity index (χ0n) is 14.4. The smallest absolute Gasteiger partial charge is 0.297 e. The minimum Gasteiger partial charge on any atom is -0.297 e. The number of rotatable bonds is 4. The number of anilines is 1. The van der Waals surface area contributed by atoms with Crippen LogP contribution in [0.15, 0.2) is 48.5 Å². The molecule has 2 aromatic carbocycles. The van der Waals surface area contributed by atoms with E-state index in [4.69, 9.17) is 11.6 Å². The first-order valence-corrected chi connectivity index (χ1v) is 9.14. The summed E-state index contributed by atoms with van der Waals surface area (Å²) < 4.78 is 0. The van der Waals surface area contributed by atoms with Crippen molar-refractivity contribution >= 4 is 29.0 Å². The second kappa shape index (κ2) is 7.19. The molecule has 0 radical (unpaired) electrons. The third-order valence-corrected chi connectivity index (χ3v) is 5.26. The zero-order valence-corrected chi connectivity index (χ0v) is 15.2. The molecule has 0 atom stereocenters. The van der Waals surface area contributed by atoms with Crippen LogP contribution in [0.25, 0.3) is 0 Å². The number of ketones is 1.